The minimum atomic E-state index is -0.289. The van der Waals surface area contributed by atoms with Crippen molar-refractivity contribution in [1.29, 1.82) is 0 Å². The summed E-state index contributed by atoms with van der Waals surface area (Å²) in [5.74, 6) is 0.526. The molecule has 0 fully saturated rings. The maximum Gasteiger partial charge on any atom is 0.239 e. The Hall–Kier alpha value is -1.14. The van der Waals surface area contributed by atoms with Crippen molar-refractivity contribution in [2.24, 2.45) is 0 Å². The highest BCUT2D eigenvalue weighted by Gasteiger charge is 2.17. The molecule has 5 nitrogen and oxygen atoms in total. The summed E-state index contributed by atoms with van der Waals surface area (Å²) in [5, 5.41) is 2.29. The van der Waals surface area contributed by atoms with Crippen LogP contribution in [0, 0.1) is 0 Å². The zero-order chi connectivity index (χ0) is 13.3. The van der Waals surface area contributed by atoms with Crippen molar-refractivity contribution in [2.45, 2.75) is 18.8 Å². The van der Waals surface area contributed by atoms with Gasteiger partial charge in [0.1, 0.15) is 17.9 Å². The van der Waals surface area contributed by atoms with E-state index in [1.54, 1.807) is 17.8 Å². The third-order valence-corrected chi connectivity index (χ3v) is 3.15. The van der Waals surface area contributed by atoms with Crippen molar-refractivity contribution in [3.63, 3.8) is 0 Å². The van der Waals surface area contributed by atoms with Crippen LogP contribution in [-0.4, -0.2) is 27.5 Å². The van der Waals surface area contributed by atoms with Gasteiger partial charge < -0.3 is 9.88 Å². The van der Waals surface area contributed by atoms with Crippen molar-refractivity contribution >= 4 is 44.6 Å². The average molecular weight is 332 g/mol. The van der Waals surface area contributed by atoms with Gasteiger partial charge in [0.05, 0.1) is 5.38 Å². The van der Waals surface area contributed by atoms with Gasteiger partial charge in [0.25, 0.3) is 0 Å². The summed E-state index contributed by atoms with van der Waals surface area (Å²) in [6.07, 6.45) is 1.67. The number of halogens is 2. The van der Waals surface area contributed by atoms with Gasteiger partial charge in [-0.2, -0.15) is 0 Å². The molecule has 0 bridgehead atoms. The molecule has 1 amide bonds. The molecule has 0 aliphatic rings. The van der Waals surface area contributed by atoms with Gasteiger partial charge in [0, 0.05) is 17.7 Å². The number of alkyl halides is 1. The van der Waals surface area contributed by atoms with E-state index in [-0.39, 0.29) is 17.8 Å². The molecule has 1 unspecified atom stereocenters. The van der Waals surface area contributed by atoms with E-state index in [0.29, 0.717) is 11.5 Å². The third-order valence-electron chi connectivity index (χ3n) is 2.52. The normalized spacial score (nSPS) is 12.7. The van der Waals surface area contributed by atoms with Gasteiger partial charge in [-0.3, -0.25) is 4.79 Å². The lowest BCUT2D eigenvalue weighted by molar-refractivity contribution is -0.121. The molecular formula is C11H12BrClN4O. The van der Waals surface area contributed by atoms with Gasteiger partial charge in [0.2, 0.25) is 5.91 Å². The summed E-state index contributed by atoms with van der Waals surface area (Å²) in [6, 6.07) is 1.85. The van der Waals surface area contributed by atoms with Crippen molar-refractivity contribution in [3.05, 3.63) is 22.6 Å². The van der Waals surface area contributed by atoms with Gasteiger partial charge in [0.15, 0.2) is 5.65 Å². The number of imidazole rings is 1. The van der Waals surface area contributed by atoms with Crippen LogP contribution in [0.5, 0.6) is 0 Å². The highest BCUT2D eigenvalue weighted by Crippen LogP contribution is 2.24. The number of hydrogen-bond donors (Lipinski definition) is 1. The number of aromatic nitrogens is 3. The SMILES string of the molecule is CNC(=O)Cn1c(C(C)Cl)nc2cc(Br)cnc21. The first-order chi connectivity index (χ1) is 8.52. The van der Waals surface area contributed by atoms with E-state index in [0.717, 1.165) is 9.99 Å². The molecule has 2 aromatic rings. The maximum atomic E-state index is 11.5. The molecule has 96 valence electrons. The van der Waals surface area contributed by atoms with E-state index in [1.165, 1.54) is 0 Å². The fourth-order valence-corrected chi connectivity index (χ4v) is 2.17. The van der Waals surface area contributed by atoms with Gasteiger partial charge in [-0.05, 0) is 28.9 Å². The van der Waals surface area contributed by atoms with E-state index in [2.05, 4.69) is 31.2 Å². The minimum absolute atomic E-state index is 0.113. The van der Waals surface area contributed by atoms with E-state index in [9.17, 15) is 4.79 Å². The van der Waals surface area contributed by atoms with Gasteiger partial charge in [-0.15, -0.1) is 11.6 Å². The van der Waals surface area contributed by atoms with Crippen LogP contribution >= 0.6 is 27.5 Å². The zero-order valence-electron chi connectivity index (χ0n) is 9.94. The highest BCUT2D eigenvalue weighted by molar-refractivity contribution is 9.10. The number of carbonyl (C=O) groups is 1. The second-order valence-electron chi connectivity index (χ2n) is 3.84. The van der Waals surface area contributed by atoms with E-state index in [4.69, 9.17) is 11.6 Å². The molecule has 0 radical (unpaired) electrons. The highest BCUT2D eigenvalue weighted by atomic mass is 79.9. The number of amides is 1. The summed E-state index contributed by atoms with van der Waals surface area (Å²) in [5.41, 5.74) is 1.38. The Kier molecular flexibility index (Phi) is 3.87. The first-order valence-corrected chi connectivity index (χ1v) is 6.62. The number of carbonyl (C=O) groups excluding carboxylic acids is 1. The topological polar surface area (TPSA) is 59.8 Å². The Morgan fingerprint density at radius 3 is 3.00 bits per heavy atom. The molecule has 0 saturated heterocycles. The molecule has 1 N–H and O–H groups in total. The lowest BCUT2D eigenvalue weighted by Crippen LogP contribution is -2.24. The Morgan fingerprint density at radius 1 is 1.67 bits per heavy atom. The smallest absolute Gasteiger partial charge is 0.239 e. The third kappa shape index (κ3) is 2.49. The largest absolute Gasteiger partial charge is 0.358 e. The first-order valence-electron chi connectivity index (χ1n) is 5.39. The molecule has 0 saturated carbocycles. The van der Waals surface area contributed by atoms with Crippen molar-refractivity contribution in [1.82, 2.24) is 19.9 Å². The predicted molar refractivity (Wildman–Crippen MR) is 73.6 cm³/mol. The summed E-state index contributed by atoms with van der Waals surface area (Å²) in [4.78, 5) is 20.2. The van der Waals surface area contributed by atoms with Crippen LogP contribution < -0.4 is 5.32 Å². The van der Waals surface area contributed by atoms with Crippen LogP contribution in [0.2, 0.25) is 0 Å². The molecule has 2 rings (SSSR count). The van der Waals surface area contributed by atoms with Crippen molar-refractivity contribution in [2.75, 3.05) is 7.05 Å². The van der Waals surface area contributed by atoms with Crippen LogP contribution in [0.25, 0.3) is 11.2 Å². The molecule has 0 aliphatic heterocycles. The molecule has 18 heavy (non-hydrogen) atoms. The molecule has 0 aliphatic carbocycles. The zero-order valence-corrected chi connectivity index (χ0v) is 12.3. The van der Waals surface area contributed by atoms with E-state index < -0.39 is 0 Å². The van der Waals surface area contributed by atoms with Crippen molar-refractivity contribution in [3.8, 4) is 0 Å². The standard InChI is InChI=1S/C11H12BrClN4O/c1-6(13)10-16-8-3-7(12)4-15-11(8)17(10)5-9(18)14-2/h3-4,6H,5H2,1-2H3,(H,14,18). The predicted octanol–water partition coefficient (Wildman–Crippen LogP) is 2.24. The fraction of sp³-hybridized carbons (Fsp3) is 0.364. The Morgan fingerprint density at radius 2 is 2.39 bits per heavy atom. The van der Waals surface area contributed by atoms with Crippen LogP contribution in [-0.2, 0) is 11.3 Å². The summed E-state index contributed by atoms with van der Waals surface area (Å²) >= 11 is 9.44. The summed E-state index contributed by atoms with van der Waals surface area (Å²) in [7, 11) is 1.59. The minimum Gasteiger partial charge on any atom is -0.358 e. The Balaban J connectivity index is 2.59. The number of pyridine rings is 1. The molecule has 2 aromatic heterocycles. The van der Waals surface area contributed by atoms with Gasteiger partial charge >= 0.3 is 0 Å². The van der Waals surface area contributed by atoms with E-state index >= 15 is 0 Å². The Bertz CT molecular complexity index is 596. The average Bonchev–Trinajstić information content (AvgIpc) is 2.67. The van der Waals surface area contributed by atoms with E-state index in [1.807, 2.05) is 13.0 Å². The molecule has 7 heteroatoms. The fourth-order valence-electron chi connectivity index (χ4n) is 1.69. The first kappa shape index (κ1) is 13.3. The number of nitrogens with one attached hydrogen (secondary N) is 1. The van der Waals surface area contributed by atoms with Gasteiger partial charge in [-0.1, -0.05) is 0 Å². The molecule has 2 heterocycles. The number of nitrogens with zero attached hydrogens (tertiary/aromatic N) is 3. The quantitative estimate of drug-likeness (QED) is 0.878. The van der Waals surface area contributed by atoms with Gasteiger partial charge in [-0.25, -0.2) is 9.97 Å². The molecule has 1 atom stereocenters. The summed E-state index contributed by atoms with van der Waals surface area (Å²) < 4.78 is 2.58. The van der Waals surface area contributed by atoms with Crippen LogP contribution in [0.4, 0.5) is 0 Å². The lowest BCUT2D eigenvalue weighted by atomic mass is 10.4. The Labute approximate surface area is 118 Å². The number of fused-ring (bicyclic) bond motifs is 1. The van der Waals surface area contributed by atoms with Crippen molar-refractivity contribution < 1.29 is 4.79 Å². The number of rotatable bonds is 3. The van der Waals surface area contributed by atoms with Crippen LogP contribution in [0.15, 0.2) is 16.7 Å². The van der Waals surface area contributed by atoms with Crippen LogP contribution in [0.3, 0.4) is 0 Å². The lowest BCUT2D eigenvalue weighted by Gasteiger charge is -2.08. The molecule has 0 aromatic carbocycles. The molecule has 0 spiro atoms. The number of hydrogen-bond acceptors (Lipinski definition) is 3. The monoisotopic (exact) mass is 330 g/mol. The summed E-state index contributed by atoms with van der Waals surface area (Å²) in [6.45, 7) is 1.98. The number of likely N-dealkylation sites (N-methyl/N-ethyl adjacent to an activating group) is 1. The maximum absolute atomic E-state index is 11.5. The second kappa shape index (κ2) is 5.24. The second-order valence-corrected chi connectivity index (χ2v) is 5.41. The van der Waals surface area contributed by atoms with Crippen LogP contribution in [0.1, 0.15) is 18.1 Å². The molecular weight excluding hydrogens is 320 g/mol.